The highest BCUT2D eigenvalue weighted by molar-refractivity contribution is 5.94. The Morgan fingerprint density at radius 1 is 1.11 bits per heavy atom. The summed E-state index contributed by atoms with van der Waals surface area (Å²) in [6, 6.07) is 17.8. The SMILES string of the molecule is N#Cc1ccc(/C=N/NC(=O)c2ccccc2)cc1. The van der Waals surface area contributed by atoms with E-state index in [9.17, 15) is 4.79 Å². The van der Waals surface area contributed by atoms with E-state index < -0.39 is 0 Å². The highest BCUT2D eigenvalue weighted by Crippen LogP contribution is 2.01. The van der Waals surface area contributed by atoms with Gasteiger partial charge in [0.1, 0.15) is 0 Å². The molecule has 0 aromatic heterocycles. The Hall–Kier alpha value is -2.93. The summed E-state index contributed by atoms with van der Waals surface area (Å²) in [7, 11) is 0. The van der Waals surface area contributed by atoms with Gasteiger partial charge in [0.2, 0.25) is 0 Å². The zero-order valence-corrected chi connectivity index (χ0v) is 10.1. The molecule has 0 aliphatic heterocycles. The summed E-state index contributed by atoms with van der Waals surface area (Å²) in [5.41, 5.74) is 4.40. The van der Waals surface area contributed by atoms with Gasteiger partial charge in [-0.3, -0.25) is 4.79 Å². The molecule has 0 bridgehead atoms. The van der Waals surface area contributed by atoms with Crippen molar-refractivity contribution in [3.63, 3.8) is 0 Å². The predicted octanol–water partition coefficient (Wildman–Crippen LogP) is 2.32. The van der Waals surface area contributed by atoms with E-state index in [1.807, 2.05) is 12.1 Å². The van der Waals surface area contributed by atoms with Crippen LogP contribution < -0.4 is 5.43 Å². The van der Waals surface area contributed by atoms with Crippen molar-refractivity contribution in [1.82, 2.24) is 5.43 Å². The molecule has 2 aromatic rings. The van der Waals surface area contributed by atoms with Crippen LogP contribution in [-0.4, -0.2) is 12.1 Å². The lowest BCUT2D eigenvalue weighted by Crippen LogP contribution is -2.17. The summed E-state index contributed by atoms with van der Waals surface area (Å²) < 4.78 is 0. The minimum absolute atomic E-state index is 0.259. The number of nitrogens with one attached hydrogen (secondary N) is 1. The Labute approximate surface area is 111 Å². The molecule has 0 unspecified atom stereocenters. The van der Waals surface area contributed by atoms with Crippen LogP contribution in [0, 0.1) is 11.3 Å². The van der Waals surface area contributed by atoms with Crippen molar-refractivity contribution in [1.29, 1.82) is 5.26 Å². The summed E-state index contributed by atoms with van der Waals surface area (Å²) in [4.78, 5) is 11.7. The monoisotopic (exact) mass is 249 g/mol. The average molecular weight is 249 g/mol. The summed E-state index contributed by atoms with van der Waals surface area (Å²) >= 11 is 0. The van der Waals surface area contributed by atoms with E-state index in [-0.39, 0.29) is 5.91 Å². The Morgan fingerprint density at radius 3 is 2.42 bits per heavy atom. The van der Waals surface area contributed by atoms with Gasteiger partial charge in [0.25, 0.3) is 5.91 Å². The minimum atomic E-state index is -0.259. The number of amides is 1. The highest BCUT2D eigenvalue weighted by atomic mass is 16.2. The highest BCUT2D eigenvalue weighted by Gasteiger charge is 2.01. The third-order valence-electron chi connectivity index (χ3n) is 2.46. The van der Waals surface area contributed by atoms with Gasteiger partial charge in [-0.25, -0.2) is 5.43 Å². The van der Waals surface area contributed by atoms with Crippen molar-refractivity contribution in [2.75, 3.05) is 0 Å². The van der Waals surface area contributed by atoms with Crippen LogP contribution in [0.3, 0.4) is 0 Å². The molecule has 4 heteroatoms. The van der Waals surface area contributed by atoms with Gasteiger partial charge in [-0.15, -0.1) is 0 Å². The molecule has 4 nitrogen and oxygen atoms in total. The Morgan fingerprint density at radius 2 is 1.79 bits per heavy atom. The number of rotatable bonds is 3. The number of nitrogens with zero attached hydrogens (tertiary/aromatic N) is 2. The molecule has 1 amide bonds. The molecule has 0 atom stereocenters. The molecule has 0 fully saturated rings. The lowest BCUT2D eigenvalue weighted by atomic mass is 10.2. The van der Waals surface area contributed by atoms with Crippen LogP contribution in [0.1, 0.15) is 21.5 Å². The van der Waals surface area contributed by atoms with Crippen LogP contribution in [0.2, 0.25) is 0 Å². The van der Waals surface area contributed by atoms with Gasteiger partial charge >= 0.3 is 0 Å². The van der Waals surface area contributed by atoms with Crippen molar-refractivity contribution in [2.24, 2.45) is 5.10 Å². The maximum atomic E-state index is 11.7. The first kappa shape index (κ1) is 12.5. The molecule has 0 saturated carbocycles. The number of carbonyl (C=O) groups is 1. The van der Waals surface area contributed by atoms with Gasteiger partial charge in [0, 0.05) is 5.56 Å². The van der Waals surface area contributed by atoms with E-state index in [2.05, 4.69) is 10.5 Å². The molecule has 19 heavy (non-hydrogen) atoms. The van der Waals surface area contributed by atoms with Crippen LogP contribution >= 0.6 is 0 Å². The Kier molecular flexibility index (Phi) is 4.04. The van der Waals surface area contributed by atoms with E-state index in [0.717, 1.165) is 5.56 Å². The maximum Gasteiger partial charge on any atom is 0.271 e. The Bertz CT molecular complexity index is 625. The van der Waals surface area contributed by atoms with Gasteiger partial charge in [-0.05, 0) is 29.8 Å². The van der Waals surface area contributed by atoms with E-state index in [1.165, 1.54) is 6.21 Å². The summed E-state index contributed by atoms with van der Waals surface area (Å²) in [5.74, 6) is -0.259. The van der Waals surface area contributed by atoms with Gasteiger partial charge in [0.15, 0.2) is 0 Å². The summed E-state index contributed by atoms with van der Waals surface area (Å²) in [5, 5.41) is 12.5. The molecule has 0 spiro atoms. The zero-order valence-electron chi connectivity index (χ0n) is 10.1. The van der Waals surface area contributed by atoms with Crippen molar-refractivity contribution < 1.29 is 4.79 Å². The van der Waals surface area contributed by atoms with Gasteiger partial charge < -0.3 is 0 Å². The molecule has 2 rings (SSSR count). The molecular formula is C15H11N3O. The molecule has 0 radical (unpaired) electrons. The second-order valence-electron chi connectivity index (χ2n) is 3.80. The first-order chi connectivity index (χ1) is 9.29. The fraction of sp³-hybridized carbons (Fsp3) is 0. The fourth-order valence-corrected chi connectivity index (χ4v) is 1.46. The molecule has 0 saturated heterocycles. The van der Waals surface area contributed by atoms with Crippen LogP contribution in [0.4, 0.5) is 0 Å². The lowest BCUT2D eigenvalue weighted by molar-refractivity contribution is 0.0955. The topological polar surface area (TPSA) is 65.2 Å². The summed E-state index contributed by atoms with van der Waals surface area (Å²) in [6.07, 6.45) is 1.53. The average Bonchev–Trinajstić information content (AvgIpc) is 2.49. The number of hydrogen-bond donors (Lipinski definition) is 1. The fourth-order valence-electron chi connectivity index (χ4n) is 1.46. The molecule has 1 N–H and O–H groups in total. The predicted molar refractivity (Wildman–Crippen MR) is 72.7 cm³/mol. The number of nitriles is 1. The van der Waals surface area contributed by atoms with E-state index >= 15 is 0 Å². The van der Waals surface area contributed by atoms with Crippen molar-refractivity contribution in [3.05, 3.63) is 71.3 Å². The maximum absolute atomic E-state index is 11.7. The van der Waals surface area contributed by atoms with Gasteiger partial charge in [-0.2, -0.15) is 10.4 Å². The first-order valence-corrected chi connectivity index (χ1v) is 5.68. The number of hydrogen-bond acceptors (Lipinski definition) is 3. The van der Waals surface area contributed by atoms with E-state index in [4.69, 9.17) is 5.26 Å². The molecule has 0 aliphatic rings. The molecular weight excluding hydrogens is 238 g/mol. The van der Waals surface area contributed by atoms with E-state index in [1.54, 1.807) is 48.5 Å². The normalized spacial score (nSPS) is 10.1. The zero-order chi connectivity index (χ0) is 13.5. The third-order valence-corrected chi connectivity index (χ3v) is 2.46. The molecule has 2 aromatic carbocycles. The molecule has 92 valence electrons. The largest absolute Gasteiger partial charge is 0.271 e. The quantitative estimate of drug-likeness (QED) is 0.670. The van der Waals surface area contributed by atoms with Crippen molar-refractivity contribution in [2.45, 2.75) is 0 Å². The van der Waals surface area contributed by atoms with Crippen LogP contribution in [0.25, 0.3) is 0 Å². The van der Waals surface area contributed by atoms with Gasteiger partial charge in [0.05, 0.1) is 17.8 Å². The van der Waals surface area contributed by atoms with Crippen molar-refractivity contribution in [3.8, 4) is 6.07 Å². The standard InChI is InChI=1S/C15H11N3O/c16-10-12-6-8-13(9-7-12)11-17-18-15(19)14-4-2-1-3-5-14/h1-9,11H,(H,18,19)/b17-11+. The summed E-state index contributed by atoms with van der Waals surface area (Å²) in [6.45, 7) is 0. The number of hydrazone groups is 1. The first-order valence-electron chi connectivity index (χ1n) is 5.68. The lowest BCUT2D eigenvalue weighted by Gasteiger charge is -1.98. The number of benzene rings is 2. The minimum Gasteiger partial charge on any atom is -0.267 e. The second-order valence-corrected chi connectivity index (χ2v) is 3.80. The van der Waals surface area contributed by atoms with Crippen LogP contribution in [0.5, 0.6) is 0 Å². The van der Waals surface area contributed by atoms with Crippen molar-refractivity contribution >= 4 is 12.1 Å². The van der Waals surface area contributed by atoms with Crippen LogP contribution in [-0.2, 0) is 0 Å². The molecule has 0 heterocycles. The second kappa shape index (κ2) is 6.12. The third kappa shape index (κ3) is 3.51. The smallest absolute Gasteiger partial charge is 0.267 e. The Balaban J connectivity index is 1.96. The van der Waals surface area contributed by atoms with Gasteiger partial charge in [-0.1, -0.05) is 30.3 Å². The van der Waals surface area contributed by atoms with E-state index in [0.29, 0.717) is 11.1 Å². The number of carbonyl (C=O) groups excluding carboxylic acids is 1. The molecule has 0 aliphatic carbocycles. The van der Waals surface area contributed by atoms with Crippen LogP contribution in [0.15, 0.2) is 59.7 Å².